The van der Waals surface area contributed by atoms with Gasteiger partial charge in [0.15, 0.2) is 5.95 Å². The lowest BCUT2D eigenvalue weighted by atomic mass is 9.96. The van der Waals surface area contributed by atoms with E-state index in [1.807, 2.05) is 53.1 Å². The van der Waals surface area contributed by atoms with Gasteiger partial charge in [0.2, 0.25) is 11.8 Å². The highest BCUT2D eigenvalue weighted by molar-refractivity contribution is 5.92. The van der Waals surface area contributed by atoms with E-state index in [0.29, 0.717) is 32.0 Å². The minimum Gasteiger partial charge on any atom is -0.356 e. The maximum atomic E-state index is 13.8. The van der Waals surface area contributed by atoms with Crippen LogP contribution in [0.25, 0.3) is 17.0 Å². The number of nitrogens with two attached hydrogens (primary N) is 1. The fourth-order valence-corrected chi connectivity index (χ4v) is 5.81. The summed E-state index contributed by atoms with van der Waals surface area (Å²) in [6, 6.07) is 17.1. The van der Waals surface area contributed by atoms with E-state index in [1.165, 1.54) is 5.56 Å². The molecule has 9 nitrogen and oxygen atoms in total. The minimum atomic E-state index is -0.654. The van der Waals surface area contributed by atoms with Gasteiger partial charge in [-0.3, -0.25) is 9.59 Å². The number of carbonyl (C=O) groups is 2. The number of hydrogen-bond donors (Lipinski definition) is 3. The van der Waals surface area contributed by atoms with Gasteiger partial charge in [-0.2, -0.15) is 0 Å². The zero-order valence-corrected chi connectivity index (χ0v) is 25.2. The van der Waals surface area contributed by atoms with E-state index in [0.717, 1.165) is 40.6 Å². The second kappa shape index (κ2) is 13.6. The number of amides is 2. The molecule has 3 atom stereocenters. The van der Waals surface area contributed by atoms with Gasteiger partial charge in [-0.05, 0) is 69.4 Å². The van der Waals surface area contributed by atoms with Gasteiger partial charge in [-0.25, -0.2) is 9.97 Å². The minimum absolute atomic E-state index is 0.0705. The molecule has 1 saturated heterocycles. The van der Waals surface area contributed by atoms with Crippen molar-refractivity contribution in [2.45, 2.75) is 58.2 Å². The van der Waals surface area contributed by atoms with E-state index in [-0.39, 0.29) is 23.9 Å². The van der Waals surface area contributed by atoms with Crippen LogP contribution in [0.5, 0.6) is 0 Å². The number of nitrogens with zero attached hydrogens (tertiary/aromatic N) is 4. The summed E-state index contributed by atoms with van der Waals surface area (Å²) < 4.78 is 0. The van der Waals surface area contributed by atoms with Crippen molar-refractivity contribution in [2.75, 3.05) is 25.0 Å². The molecule has 9 heteroatoms. The summed E-state index contributed by atoms with van der Waals surface area (Å²) in [4.78, 5) is 42.9. The Morgan fingerprint density at radius 2 is 1.95 bits per heavy atom. The zero-order valence-electron chi connectivity index (χ0n) is 25.2. The number of aryl methyl sites for hydroxylation is 2. The summed E-state index contributed by atoms with van der Waals surface area (Å²) in [5.41, 5.74) is 11.6. The number of benzene rings is 2. The lowest BCUT2D eigenvalue weighted by molar-refractivity contribution is -0.145. The summed E-state index contributed by atoms with van der Waals surface area (Å²) in [6.07, 6.45) is 8.83. The molecule has 2 amide bonds. The molecule has 4 N–H and O–H groups in total. The third-order valence-corrected chi connectivity index (χ3v) is 8.18. The van der Waals surface area contributed by atoms with Gasteiger partial charge in [0.05, 0.1) is 17.3 Å². The van der Waals surface area contributed by atoms with Crippen molar-refractivity contribution in [2.24, 2.45) is 5.73 Å². The fourth-order valence-electron chi connectivity index (χ4n) is 5.81. The largest absolute Gasteiger partial charge is 0.356 e. The molecule has 2 aromatic carbocycles. The molecule has 0 bridgehead atoms. The van der Waals surface area contributed by atoms with E-state index in [4.69, 9.17) is 5.73 Å². The number of aromatic nitrogens is 3. The standard InChI is InChI=1S/C34H41N7O2/c1-23-10-11-27(24(2)19-23)20-30(35)33(43)41-21-25(3)40(22-29(41)8-6-16-36-34-37-17-18-38-34)32(42)15-14-28-13-12-26-7-4-5-9-31(26)39-28/h4-5,7,9-15,17-19,25,29-30H,6,8,16,20-22,35H2,1-3H3,(H2,36,37,38)/b15-14+/t25-,29+,30-/m1/s1. The Kier molecular flexibility index (Phi) is 9.51. The number of rotatable bonds is 10. The average molecular weight is 580 g/mol. The van der Waals surface area contributed by atoms with Gasteiger partial charge in [0.25, 0.3) is 0 Å². The van der Waals surface area contributed by atoms with Crippen LogP contribution in [0.3, 0.4) is 0 Å². The highest BCUT2D eigenvalue weighted by Gasteiger charge is 2.37. The van der Waals surface area contributed by atoms with Gasteiger partial charge >= 0.3 is 0 Å². The molecule has 0 aliphatic carbocycles. The predicted molar refractivity (Wildman–Crippen MR) is 171 cm³/mol. The lowest BCUT2D eigenvalue weighted by Crippen LogP contribution is -2.62. The Morgan fingerprint density at radius 3 is 2.74 bits per heavy atom. The molecule has 4 aromatic rings. The topological polar surface area (TPSA) is 120 Å². The van der Waals surface area contributed by atoms with E-state index < -0.39 is 6.04 Å². The monoisotopic (exact) mass is 579 g/mol. The highest BCUT2D eigenvalue weighted by Crippen LogP contribution is 2.22. The Morgan fingerprint density at radius 1 is 1.12 bits per heavy atom. The molecule has 43 heavy (non-hydrogen) atoms. The smallest absolute Gasteiger partial charge is 0.247 e. The maximum Gasteiger partial charge on any atom is 0.247 e. The molecular weight excluding hydrogens is 538 g/mol. The van der Waals surface area contributed by atoms with Crippen LogP contribution in [0.2, 0.25) is 0 Å². The second-order valence-electron chi connectivity index (χ2n) is 11.5. The van der Waals surface area contributed by atoms with Crippen LogP contribution < -0.4 is 11.1 Å². The summed E-state index contributed by atoms with van der Waals surface area (Å²) >= 11 is 0. The van der Waals surface area contributed by atoms with Crippen molar-refractivity contribution in [3.63, 3.8) is 0 Å². The Balaban J connectivity index is 1.28. The molecule has 3 heterocycles. The van der Waals surface area contributed by atoms with Crippen LogP contribution in [-0.2, 0) is 16.0 Å². The molecule has 1 fully saturated rings. The van der Waals surface area contributed by atoms with Gasteiger partial charge in [-0.15, -0.1) is 0 Å². The van der Waals surface area contributed by atoms with Gasteiger partial charge in [-0.1, -0.05) is 48.0 Å². The summed E-state index contributed by atoms with van der Waals surface area (Å²) in [7, 11) is 0. The molecule has 2 aromatic heterocycles. The zero-order chi connectivity index (χ0) is 30.3. The molecule has 0 unspecified atom stereocenters. The molecular formula is C34H41N7O2. The fraction of sp³-hybridized carbons (Fsp3) is 0.353. The van der Waals surface area contributed by atoms with Crippen LogP contribution >= 0.6 is 0 Å². The second-order valence-corrected chi connectivity index (χ2v) is 11.5. The number of pyridine rings is 1. The normalized spacial score (nSPS) is 17.9. The first-order valence-corrected chi connectivity index (χ1v) is 15.0. The SMILES string of the molecule is Cc1ccc(C[C@@H](N)C(=O)N2C[C@@H](C)N(C(=O)/C=C/c3ccc4ccccc4n3)C[C@@H]2CCCNc2ncc[nH]2)c(C)c1. The van der Waals surface area contributed by atoms with Crippen LogP contribution in [0.15, 0.2) is 73.1 Å². The third-order valence-electron chi connectivity index (χ3n) is 8.18. The van der Waals surface area contributed by atoms with E-state index in [1.54, 1.807) is 24.5 Å². The summed E-state index contributed by atoms with van der Waals surface area (Å²) in [6.45, 7) is 7.68. The molecule has 5 rings (SSSR count). The Hall–Kier alpha value is -4.50. The quantitative estimate of drug-likeness (QED) is 0.188. The first-order valence-electron chi connectivity index (χ1n) is 15.0. The van der Waals surface area contributed by atoms with Crippen molar-refractivity contribution in [3.05, 3.63) is 95.5 Å². The average Bonchev–Trinajstić information content (AvgIpc) is 3.53. The number of imidazole rings is 1. The van der Waals surface area contributed by atoms with Crippen molar-refractivity contribution in [3.8, 4) is 0 Å². The molecule has 1 aliphatic rings. The first-order chi connectivity index (χ1) is 20.8. The predicted octanol–water partition coefficient (Wildman–Crippen LogP) is 4.48. The number of nitrogens with one attached hydrogen (secondary N) is 2. The molecule has 0 radical (unpaired) electrons. The molecule has 0 saturated carbocycles. The van der Waals surface area contributed by atoms with E-state index in [9.17, 15) is 9.59 Å². The number of piperazine rings is 1. The number of anilines is 1. The van der Waals surface area contributed by atoms with Crippen molar-refractivity contribution in [1.29, 1.82) is 0 Å². The highest BCUT2D eigenvalue weighted by atomic mass is 16.2. The Labute approximate surface area is 253 Å². The summed E-state index contributed by atoms with van der Waals surface area (Å²) in [5, 5.41) is 4.33. The van der Waals surface area contributed by atoms with E-state index in [2.05, 4.69) is 52.3 Å². The molecule has 224 valence electrons. The number of hydrogen-bond acceptors (Lipinski definition) is 6. The number of aromatic amines is 1. The van der Waals surface area contributed by atoms with Gasteiger partial charge in [0.1, 0.15) is 0 Å². The third kappa shape index (κ3) is 7.48. The maximum absolute atomic E-state index is 13.8. The van der Waals surface area contributed by atoms with Crippen molar-refractivity contribution in [1.82, 2.24) is 24.8 Å². The van der Waals surface area contributed by atoms with Crippen LogP contribution in [0.4, 0.5) is 5.95 Å². The number of fused-ring (bicyclic) bond motifs is 1. The molecule has 1 aliphatic heterocycles. The first kappa shape index (κ1) is 30.0. The van der Waals surface area contributed by atoms with Crippen molar-refractivity contribution >= 4 is 34.7 Å². The van der Waals surface area contributed by atoms with E-state index >= 15 is 0 Å². The van der Waals surface area contributed by atoms with Crippen LogP contribution in [-0.4, -0.2) is 74.3 Å². The number of para-hydroxylation sites is 1. The van der Waals surface area contributed by atoms with Crippen molar-refractivity contribution < 1.29 is 9.59 Å². The Bertz CT molecular complexity index is 1580. The molecule has 0 spiro atoms. The van der Waals surface area contributed by atoms with Gasteiger partial charge < -0.3 is 25.8 Å². The van der Waals surface area contributed by atoms with Crippen LogP contribution in [0.1, 0.15) is 42.1 Å². The van der Waals surface area contributed by atoms with Crippen LogP contribution in [0, 0.1) is 13.8 Å². The number of H-pyrrole nitrogens is 1. The summed E-state index contributed by atoms with van der Waals surface area (Å²) in [5.74, 6) is 0.552. The number of carbonyl (C=O) groups excluding carboxylic acids is 2. The lowest BCUT2D eigenvalue weighted by Gasteiger charge is -2.46. The van der Waals surface area contributed by atoms with Gasteiger partial charge in [0, 0.05) is 55.6 Å².